The number of phosphoric acid groups is 2. The lowest BCUT2D eigenvalue weighted by Crippen LogP contribution is -2.30. The fourth-order valence-electron chi connectivity index (χ4n) is 13.9. The van der Waals surface area contributed by atoms with Crippen molar-refractivity contribution in [3.8, 4) is 0 Å². The van der Waals surface area contributed by atoms with Crippen molar-refractivity contribution in [1.29, 1.82) is 0 Å². The van der Waals surface area contributed by atoms with Crippen LogP contribution in [0.2, 0.25) is 0 Å². The summed E-state index contributed by atoms with van der Waals surface area (Å²) in [7, 11) is -9.93. The summed E-state index contributed by atoms with van der Waals surface area (Å²) in [6.45, 7) is 9.76. The third kappa shape index (κ3) is 80.7. The Kier molecular flexibility index (Phi) is 78.8. The Morgan fingerprint density at radius 3 is 0.704 bits per heavy atom. The van der Waals surface area contributed by atoms with Gasteiger partial charge < -0.3 is 33.8 Å². The Morgan fingerprint density at radius 1 is 0.269 bits per heavy atom. The molecule has 17 nitrogen and oxygen atoms in total. The van der Waals surface area contributed by atoms with Gasteiger partial charge in [0.2, 0.25) is 0 Å². The van der Waals surface area contributed by atoms with Crippen LogP contribution in [-0.4, -0.2) is 96.7 Å². The van der Waals surface area contributed by atoms with E-state index in [4.69, 9.17) is 37.0 Å². The predicted molar refractivity (Wildman–Crippen MR) is 446 cm³/mol. The standard InChI is InChI=1S/C89H174O17P2/c1-7-10-12-14-16-18-20-22-23-24-25-26-27-28-29-30-37-43-49-55-61-67-73-88(93)105-85(78-100-87(92)72-66-60-54-48-42-36-32-31-35-40-46-52-58-64-70-82(6)9-3)80-104-108(97,98)102-76-83(90)75-101-107(95,96)103-79-84(77-99-86(91)71-65-59-53-47-41-21-19-17-15-13-11-8-2)106-89(94)74-68-62-56-50-44-38-33-34-39-45-51-57-63-69-81(4)5/h81-85,90H,7-80H2,1-6H3,(H,95,96)(H,97,98)/t82?,83-,84+,85+/m0/s1. The highest BCUT2D eigenvalue weighted by molar-refractivity contribution is 7.47. The van der Waals surface area contributed by atoms with Gasteiger partial charge in [0, 0.05) is 25.7 Å². The van der Waals surface area contributed by atoms with Crippen LogP contribution < -0.4 is 0 Å². The maximum Gasteiger partial charge on any atom is 0.472 e. The maximum absolute atomic E-state index is 13.2. The lowest BCUT2D eigenvalue weighted by atomic mass is 9.99. The molecule has 0 spiro atoms. The maximum atomic E-state index is 13.2. The minimum Gasteiger partial charge on any atom is -0.462 e. The fourth-order valence-corrected chi connectivity index (χ4v) is 15.5. The zero-order chi connectivity index (χ0) is 79.2. The van der Waals surface area contributed by atoms with Gasteiger partial charge in [0.15, 0.2) is 12.2 Å². The molecule has 642 valence electrons. The predicted octanol–water partition coefficient (Wildman–Crippen LogP) is 27.4. The summed E-state index contributed by atoms with van der Waals surface area (Å²) in [5, 5.41) is 10.7. The molecule has 0 aromatic rings. The Labute approximate surface area is 664 Å². The van der Waals surface area contributed by atoms with Crippen molar-refractivity contribution in [3.05, 3.63) is 0 Å². The van der Waals surface area contributed by atoms with Gasteiger partial charge in [-0.25, -0.2) is 9.13 Å². The molecule has 0 aliphatic heterocycles. The molecule has 19 heteroatoms. The number of esters is 4. The van der Waals surface area contributed by atoms with Gasteiger partial charge in [-0.3, -0.25) is 37.3 Å². The molecule has 0 heterocycles. The zero-order valence-electron chi connectivity index (χ0n) is 71.2. The number of hydrogen-bond donors (Lipinski definition) is 3. The number of aliphatic hydroxyl groups is 1. The van der Waals surface area contributed by atoms with Gasteiger partial charge >= 0.3 is 39.5 Å². The van der Waals surface area contributed by atoms with Gasteiger partial charge in [-0.1, -0.05) is 427 Å². The first kappa shape index (κ1) is 106. The van der Waals surface area contributed by atoms with E-state index in [0.717, 1.165) is 102 Å². The number of rotatable bonds is 88. The van der Waals surface area contributed by atoms with Crippen molar-refractivity contribution in [2.24, 2.45) is 11.8 Å². The van der Waals surface area contributed by atoms with Crippen molar-refractivity contribution in [2.45, 2.75) is 496 Å². The summed E-state index contributed by atoms with van der Waals surface area (Å²) >= 11 is 0. The van der Waals surface area contributed by atoms with Gasteiger partial charge in [0.05, 0.1) is 26.4 Å². The summed E-state index contributed by atoms with van der Waals surface area (Å²) < 4.78 is 69.0. The molecule has 0 aliphatic carbocycles. The van der Waals surface area contributed by atoms with Crippen molar-refractivity contribution in [1.82, 2.24) is 0 Å². The van der Waals surface area contributed by atoms with E-state index in [9.17, 15) is 43.2 Å². The highest BCUT2D eigenvalue weighted by Crippen LogP contribution is 2.45. The number of aliphatic hydroxyl groups excluding tert-OH is 1. The number of ether oxygens (including phenoxy) is 4. The molecule has 0 bridgehead atoms. The molecule has 3 unspecified atom stereocenters. The Bertz CT molecular complexity index is 2070. The zero-order valence-corrected chi connectivity index (χ0v) is 73.0. The van der Waals surface area contributed by atoms with E-state index in [1.165, 1.54) is 295 Å². The Balaban J connectivity index is 5.25. The molecule has 6 atom stereocenters. The van der Waals surface area contributed by atoms with E-state index in [1.54, 1.807) is 0 Å². The highest BCUT2D eigenvalue weighted by atomic mass is 31.2. The average Bonchev–Trinajstić information content (AvgIpc) is 0.900. The molecule has 0 fully saturated rings. The quantitative estimate of drug-likeness (QED) is 0.0222. The lowest BCUT2D eigenvalue weighted by Gasteiger charge is -2.21. The molecule has 0 amide bonds. The summed E-state index contributed by atoms with van der Waals surface area (Å²) in [5.41, 5.74) is 0. The highest BCUT2D eigenvalue weighted by Gasteiger charge is 2.31. The smallest absolute Gasteiger partial charge is 0.462 e. The van der Waals surface area contributed by atoms with Crippen molar-refractivity contribution >= 4 is 39.5 Å². The summed E-state index contributed by atoms with van der Waals surface area (Å²) in [6.07, 6.45) is 73.5. The van der Waals surface area contributed by atoms with Crippen molar-refractivity contribution in [2.75, 3.05) is 39.6 Å². The van der Waals surface area contributed by atoms with E-state index in [2.05, 4.69) is 41.5 Å². The van der Waals surface area contributed by atoms with Crippen LogP contribution in [-0.2, 0) is 65.4 Å². The van der Waals surface area contributed by atoms with Crippen LogP contribution in [0.4, 0.5) is 0 Å². The lowest BCUT2D eigenvalue weighted by molar-refractivity contribution is -0.161. The topological polar surface area (TPSA) is 237 Å². The molecule has 0 radical (unpaired) electrons. The van der Waals surface area contributed by atoms with Crippen molar-refractivity contribution < 1.29 is 80.2 Å². The normalized spacial score (nSPS) is 14.0. The minimum absolute atomic E-state index is 0.108. The van der Waals surface area contributed by atoms with Crippen LogP contribution in [0, 0.1) is 11.8 Å². The Morgan fingerprint density at radius 2 is 0.472 bits per heavy atom. The molecule has 0 aliphatic rings. The minimum atomic E-state index is -4.97. The summed E-state index contributed by atoms with van der Waals surface area (Å²) in [6, 6.07) is 0. The SMILES string of the molecule is CCCCCCCCCCCCCCCCCCCCCCCCC(=O)O[C@H](COC(=O)CCCCCCCCCCCCCCCCC(C)CC)COP(=O)(O)OC[C@@H](O)COP(=O)(O)OC[C@@H](COC(=O)CCCCCCCCCCCCCC)OC(=O)CCCCCCCCCCCCCCCC(C)C. The van der Waals surface area contributed by atoms with E-state index in [1.807, 2.05) is 0 Å². The number of carbonyl (C=O) groups excluding carboxylic acids is 4. The summed E-state index contributed by atoms with van der Waals surface area (Å²) in [5.74, 6) is -0.461. The Hall–Kier alpha value is -1.94. The van der Waals surface area contributed by atoms with Gasteiger partial charge in [-0.2, -0.15) is 0 Å². The van der Waals surface area contributed by atoms with Crippen LogP contribution in [0.25, 0.3) is 0 Å². The van der Waals surface area contributed by atoms with Gasteiger partial charge in [0.25, 0.3) is 0 Å². The number of unbranched alkanes of at least 4 members (excludes halogenated alkanes) is 57. The summed E-state index contributed by atoms with van der Waals surface area (Å²) in [4.78, 5) is 73.4. The van der Waals surface area contributed by atoms with Crippen LogP contribution in [0.15, 0.2) is 0 Å². The average molecular weight is 1580 g/mol. The van der Waals surface area contributed by atoms with Crippen LogP contribution in [0.1, 0.15) is 478 Å². The van der Waals surface area contributed by atoms with Gasteiger partial charge in [-0.15, -0.1) is 0 Å². The monoisotopic (exact) mass is 1580 g/mol. The van der Waals surface area contributed by atoms with Gasteiger partial charge in [-0.05, 0) is 37.5 Å². The van der Waals surface area contributed by atoms with Crippen LogP contribution >= 0.6 is 15.6 Å². The molecule has 0 aromatic carbocycles. The molecular formula is C89H174O17P2. The third-order valence-electron chi connectivity index (χ3n) is 21.3. The first-order chi connectivity index (χ1) is 52.4. The molecule has 3 N–H and O–H groups in total. The molecule has 0 aromatic heterocycles. The largest absolute Gasteiger partial charge is 0.472 e. The molecule has 0 rings (SSSR count). The number of carbonyl (C=O) groups is 4. The fraction of sp³-hybridized carbons (Fsp3) is 0.955. The second-order valence-corrected chi connectivity index (χ2v) is 35.6. The van der Waals surface area contributed by atoms with E-state index in [-0.39, 0.29) is 25.7 Å². The second kappa shape index (κ2) is 80.3. The molecule has 0 saturated carbocycles. The molecule has 0 saturated heterocycles. The third-order valence-corrected chi connectivity index (χ3v) is 23.2. The number of hydrogen-bond acceptors (Lipinski definition) is 15. The number of phosphoric ester groups is 2. The molecular weight excluding hydrogens is 1400 g/mol. The van der Waals surface area contributed by atoms with Crippen LogP contribution in [0.5, 0.6) is 0 Å². The second-order valence-electron chi connectivity index (χ2n) is 32.7. The van der Waals surface area contributed by atoms with E-state index < -0.39 is 97.5 Å². The van der Waals surface area contributed by atoms with E-state index in [0.29, 0.717) is 25.7 Å². The van der Waals surface area contributed by atoms with Gasteiger partial charge in [0.1, 0.15) is 19.3 Å². The molecule has 108 heavy (non-hydrogen) atoms. The van der Waals surface area contributed by atoms with E-state index >= 15 is 0 Å². The first-order valence-corrected chi connectivity index (χ1v) is 49.0. The van der Waals surface area contributed by atoms with Crippen LogP contribution in [0.3, 0.4) is 0 Å². The first-order valence-electron chi connectivity index (χ1n) is 46.0. The van der Waals surface area contributed by atoms with Crippen molar-refractivity contribution in [3.63, 3.8) is 0 Å².